The molecule has 6 nitrogen and oxygen atoms in total. The summed E-state index contributed by atoms with van der Waals surface area (Å²) in [6.45, 7) is 0. The number of esters is 2. The lowest BCUT2D eigenvalue weighted by Gasteiger charge is -2.51. The highest BCUT2D eigenvalue weighted by molar-refractivity contribution is 5.93. The van der Waals surface area contributed by atoms with Crippen molar-refractivity contribution in [2.75, 3.05) is 0 Å². The maximum Gasteiger partial charge on any atom is 0.343 e. The molecule has 0 amide bonds. The molecule has 0 saturated carbocycles. The lowest BCUT2D eigenvalue weighted by molar-refractivity contribution is 0.0714. The monoisotopic (exact) mass is 634 g/mol. The minimum Gasteiger partial charge on any atom is -0.423 e. The third-order valence-electron chi connectivity index (χ3n) is 9.56. The molecule has 0 unspecified atom stereocenters. The Morgan fingerprint density at radius 2 is 1.04 bits per heavy atom. The fraction of sp³-hybridized carbons (Fsp3) is 0.0698. The summed E-state index contributed by atoms with van der Waals surface area (Å²) in [5.74, 6) is -0.695. The predicted octanol–water partition coefficient (Wildman–Crippen LogP) is 8.25. The second kappa shape index (κ2) is 11.8. The first-order valence-corrected chi connectivity index (χ1v) is 15.9. The highest BCUT2D eigenvalue weighted by atomic mass is 16.5. The Labute approximate surface area is 283 Å². The van der Waals surface area contributed by atoms with Crippen molar-refractivity contribution in [3.8, 4) is 23.6 Å². The molecule has 0 heterocycles. The Balaban J connectivity index is 1.37. The summed E-state index contributed by atoms with van der Waals surface area (Å²) in [6, 6.07) is 47.1. The van der Waals surface area contributed by atoms with E-state index in [1.165, 1.54) is 0 Å². The normalized spacial score (nSPS) is 16.2. The van der Waals surface area contributed by atoms with Gasteiger partial charge in [-0.05, 0) is 94.9 Å². The van der Waals surface area contributed by atoms with Gasteiger partial charge in [-0.25, -0.2) is 9.59 Å². The maximum atomic E-state index is 13.7. The van der Waals surface area contributed by atoms with E-state index >= 15 is 0 Å². The summed E-state index contributed by atoms with van der Waals surface area (Å²) >= 11 is 0. The van der Waals surface area contributed by atoms with E-state index in [0.717, 1.165) is 38.9 Å². The van der Waals surface area contributed by atoms with Gasteiger partial charge in [-0.15, -0.1) is 0 Å². The van der Waals surface area contributed by atoms with Gasteiger partial charge in [0.15, 0.2) is 0 Å². The number of carbonyl (C=O) groups is 2. The van der Waals surface area contributed by atoms with Crippen molar-refractivity contribution in [3.05, 3.63) is 201 Å². The largest absolute Gasteiger partial charge is 0.423 e. The van der Waals surface area contributed by atoms with Crippen LogP contribution in [0.3, 0.4) is 0 Å². The zero-order chi connectivity index (χ0) is 33.5. The molecule has 0 aliphatic heterocycles. The van der Waals surface area contributed by atoms with E-state index < -0.39 is 17.4 Å². The first kappa shape index (κ1) is 29.6. The van der Waals surface area contributed by atoms with Crippen LogP contribution >= 0.6 is 0 Å². The summed E-state index contributed by atoms with van der Waals surface area (Å²) in [5, 5.41) is 18.5. The summed E-state index contributed by atoms with van der Waals surface area (Å²) in [4.78, 5) is 27.4. The van der Waals surface area contributed by atoms with Crippen molar-refractivity contribution in [3.63, 3.8) is 0 Å². The van der Waals surface area contributed by atoms with Crippen LogP contribution in [0.1, 0.15) is 76.7 Å². The molecule has 3 aliphatic carbocycles. The number of ether oxygens (including phenoxy) is 2. The van der Waals surface area contributed by atoms with Gasteiger partial charge in [0.25, 0.3) is 0 Å². The van der Waals surface area contributed by atoms with Crippen molar-refractivity contribution in [1.82, 2.24) is 0 Å². The van der Waals surface area contributed by atoms with Gasteiger partial charge >= 0.3 is 11.9 Å². The molecule has 0 atom stereocenters. The Bertz CT molecular complexity index is 2320. The number of hydrogen-bond donors (Lipinski definition) is 0. The molecule has 0 fully saturated rings. The molecule has 3 aliphatic rings. The van der Waals surface area contributed by atoms with Gasteiger partial charge in [0.05, 0.1) is 39.8 Å². The molecule has 232 valence electrons. The molecule has 6 aromatic carbocycles. The van der Waals surface area contributed by atoms with Gasteiger partial charge in [0, 0.05) is 17.0 Å². The Morgan fingerprint density at radius 1 is 0.571 bits per heavy atom. The van der Waals surface area contributed by atoms with E-state index in [-0.39, 0.29) is 5.92 Å². The van der Waals surface area contributed by atoms with Crippen LogP contribution in [0.2, 0.25) is 0 Å². The van der Waals surface area contributed by atoms with Gasteiger partial charge in [-0.1, -0.05) is 78.9 Å². The summed E-state index contributed by atoms with van der Waals surface area (Å²) in [7, 11) is 0. The third kappa shape index (κ3) is 4.78. The van der Waals surface area contributed by atoms with Crippen LogP contribution in [0.25, 0.3) is 0 Å². The summed E-state index contributed by atoms with van der Waals surface area (Å²) < 4.78 is 12.5. The lowest BCUT2D eigenvalue weighted by Crippen LogP contribution is -2.44. The van der Waals surface area contributed by atoms with E-state index in [0.29, 0.717) is 40.2 Å². The number of rotatable bonds is 6. The van der Waals surface area contributed by atoms with Crippen molar-refractivity contribution >= 4 is 11.9 Å². The first-order valence-electron chi connectivity index (χ1n) is 15.9. The van der Waals surface area contributed by atoms with Gasteiger partial charge in [-0.3, -0.25) is 0 Å². The number of nitriles is 2. The summed E-state index contributed by atoms with van der Waals surface area (Å²) in [5.41, 5.74) is 7.69. The van der Waals surface area contributed by atoms with Crippen molar-refractivity contribution in [2.24, 2.45) is 0 Å². The van der Waals surface area contributed by atoms with Gasteiger partial charge in [0.2, 0.25) is 0 Å². The number of benzene rings is 6. The van der Waals surface area contributed by atoms with Crippen LogP contribution in [-0.2, 0) is 11.8 Å². The van der Waals surface area contributed by atoms with Gasteiger partial charge < -0.3 is 9.47 Å². The van der Waals surface area contributed by atoms with E-state index in [2.05, 4.69) is 48.5 Å². The minimum absolute atomic E-state index is 0.308. The Hall–Kier alpha value is -6.76. The van der Waals surface area contributed by atoms with Gasteiger partial charge in [-0.2, -0.15) is 10.5 Å². The maximum absolute atomic E-state index is 13.7. The van der Waals surface area contributed by atoms with Crippen LogP contribution in [-0.4, -0.2) is 11.9 Å². The molecular formula is C43H26N2O4. The van der Waals surface area contributed by atoms with Crippen molar-refractivity contribution in [1.29, 1.82) is 10.5 Å². The Morgan fingerprint density at radius 3 is 1.57 bits per heavy atom. The second-order valence-corrected chi connectivity index (χ2v) is 12.2. The molecule has 6 aromatic rings. The molecule has 0 N–H and O–H groups in total. The molecule has 9 rings (SSSR count). The average molecular weight is 635 g/mol. The molecule has 2 bridgehead atoms. The van der Waals surface area contributed by atoms with Crippen molar-refractivity contribution < 1.29 is 19.1 Å². The predicted molar refractivity (Wildman–Crippen MR) is 183 cm³/mol. The quantitative estimate of drug-likeness (QED) is 0.135. The fourth-order valence-electron chi connectivity index (χ4n) is 7.51. The van der Waals surface area contributed by atoms with Crippen LogP contribution in [0.4, 0.5) is 0 Å². The Kier molecular flexibility index (Phi) is 7.13. The first-order chi connectivity index (χ1) is 24.0. The van der Waals surface area contributed by atoms with Crippen LogP contribution in [0.15, 0.2) is 140 Å². The van der Waals surface area contributed by atoms with Crippen molar-refractivity contribution in [2.45, 2.75) is 17.8 Å². The zero-order valence-electron chi connectivity index (χ0n) is 26.1. The minimum atomic E-state index is -0.810. The number of nitrogens with zero attached hydrogens (tertiary/aromatic N) is 2. The number of carbonyl (C=O) groups excluding carboxylic acids is 2. The van der Waals surface area contributed by atoms with E-state index in [1.807, 2.05) is 42.5 Å². The molecule has 0 radical (unpaired) electrons. The average Bonchev–Trinajstić information content (AvgIpc) is 3.16. The second-order valence-electron chi connectivity index (χ2n) is 12.2. The summed E-state index contributed by atoms with van der Waals surface area (Å²) in [6.07, 6.45) is 0.552. The van der Waals surface area contributed by atoms with Crippen LogP contribution in [0, 0.1) is 22.7 Å². The lowest BCUT2D eigenvalue weighted by atomic mass is 9.51. The van der Waals surface area contributed by atoms with Gasteiger partial charge in [0.1, 0.15) is 11.5 Å². The molecule has 0 spiro atoms. The van der Waals surface area contributed by atoms with E-state index in [1.54, 1.807) is 60.7 Å². The highest BCUT2D eigenvalue weighted by Crippen LogP contribution is 2.64. The zero-order valence-corrected chi connectivity index (χ0v) is 26.1. The third-order valence-corrected chi connectivity index (χ3v) is 9.56. The van der Waals surface area contributed by atoms with E-state index in [4.69, 9.17) is 9.47 Å². The fourth-order valence-corrected chi connectivity index (χ4v) is 7.51. The smallest absolute Gasteiger partial charge is 0.343 e. The topological polar surface area (TPSA) is 100 Å². The van der Waals surface area contributed by atoms with Crippen LogP contribution in [0.5, 0.6) is 11.5 Å². The molecular weight excluding hydrogens is 608 g/mol. The molecule has 0 aromatic heterocycles. The standard InChI is InChI=1S/C43H26N2O4/c44-25-28-14-18-30(19-15-28)41(46)48-36-22-23-37(49-42(47)31-20-16-29(26-45)17-21-31)40-39(36)38-32-10-4-6-12-34(32)43(40,24-27-8-2-1-3-9-27)35-13-7-5-11-33(35)38/h1-23,38H,24H2. The SMILES string of the molecule is N#Cc1ccc(C(=O)Oc2ccc(OC(=O)c3ccc(C#N)cc3)c3c2C2c4ccccc4C3(Cc3ccccc3)c3ccccc32)cc1. The van der Waals surface area contributed by atoms with Crippen LogP contribution < -0.4 is 9.47 Å². The molecule has 6 heteroatoms. The highest BCUT2D eigenvalue weighted by Gasteiger charge is 2.54. The van der Waals surface area contributed by atoms with E-state index in [9.17, 15) is 20.1 Å². The molecule has 0 saturated heterocycles. The number of hydrogen-bond acceptors (Lipinski definition) is 6. The molecule has 49 heavy (non-hydrogen) atoms.